The van der Waals surface area contributed by atoms with Crippen molar-refractivity contribution in [1.29, 1.82) is 0 Å². The van der Waals surface area contributed by atoms with Gasteiger partial charge in [-0.05, 0) is 0 Å². The summed E-state index contributed by atoms with van der Waals surface area (Å²) in [4.78, 5) is 22.2. The van der Waals surface area contributed by atoms with Gasteiger partial charge in [0.05, 0.1) is 5.68 Å². The maximum Gasteiger partial charge on any atom is 0.223 e. The molecule has 0 aliphatic rings. The Morgan fingerprint density at radius 3 is 2.00 bits per heavy atom. The van der Waals surface area contributed by atoms with Gasteiger partial charge in [0.25, 0.3) is 0 Å². The van der Waals surface area contributed by atoms with Crippen LogP contribution in [0.3, 0.4) is 0 Å². The molecule has 0 saturated heterocycles. The molecule has 0 aliphatic carbocycles. The number of hydrogen-bond acceptors (Lipinski definition) is 2. The van der Waals surface area contributed by atoms with Crippen LogP contribution >= 0.6 is 0 Å². The summed E-state index contributed by atoms with van der Waals surface area (Å²) in [5, 5.41) is 0. The molecular weight excluding hydrogens is 163 g/mol. The van der Waals surface area contributed by atoms with Crippen molar-refractivity contribution in [1.82, 2.24) is 0 Å². The lowest BCUT2D eigenvalue weighted by atomic mass is 9.39. The van der Waals surface area contributed by atoms with Crippen molar-refractivity contribution in [2.24, 2.45) is 11.8 Å². The molecule has 0 saturated carbocycles. The Bertz CT molecular complexity index is 189. The second-order valence-electron chi connectivity index (χ2n) is 4.22. The third-order valence-corrected chi connectivity index (χ3v) is 2.90. The van der Waals surface area contributed by atoms with Crippen molar-refractivity contribution >= 4 is 18.7 Å². The van der Waals surface area contributed by atoms with E-state index >= 15 is 0 Å². The zero-order chi connectivity index (χ0) is 10.6. The van der Waals surface area contributed by atoms with Crippen LogP contribution in [0.25, 0.3) is 0 Å². The van der Waals surface area contributed by atoms with Gasteiger partial charge in [-0.15, -0.1) is 0 Å². The molecule has 0 aromatic heterocycles. The molecule has 0 radical (unpaired) electrons. The summed E-state index contributed by atoms with van der Waals surface area (Å²) in [6, 6.07) is 0. The van der Waals surface area contributed by atoms with Gasteiger partial charge in [0.2, 0.25) is 6.71 Å². The van der Waals surface area contributed by atoms with Gasteiger partial charge in [0.15, 0.2) is 0 Å². The van der Waals surface area contributed by atoms with Crippen molar-refractivity contribution in [3.05, 3.63) is 0 Å². The molecule has 0 spiro atoms. The SMILES string of the molecule is CB(C(=O)C(C)C(C)C=O)C(C)C. The number of carbonyl (C=O) groups is 2. The fraction of sp³-hybridized carbons (Fsp3) is 0.800. The molecule has 0 bridgehead atoms. The van der Waals surface area contributed by atoms with E-state index in [9.17, 15) is 9.59 Å². The Kier molecular flexibility index (Phi) is 4.96. The van der Waals surface area contributed by atoms with E-state index in [0.717, 1.165) is 6.29 Å². The predicted octanol–water partition coefficient (Wildman–Crippen LogP) is 2.10. The molecule has 13 heavy (non-hydrogen) atoms. The number of rotatable bonds is 5. The second kappa shape index (κ2) is 5.20. The predicted molar refractivity (Wildman–Crippen MR) is 56.1 cm³/mol. The zero-order valence-electron chi connectivity index (χ0n) is 9.20. The number of aldehydes is 1. The first-order chi connectivity index (χ1) is 5.91. The van der Waals surface area contributed by atoms with E-state index in [0.29, 0.717) is 5.82 Å². The van der Waals surface area contributed by atoms with Crippen molar-refractivity contribution in [2.75, 3.05) is 0 Å². The third-order valence-electron chi connectivity index (χ3n) is 2.90. The molecule has 0 aromatic carbocycles. The normalized spacial score (nSPS) is 15.2. The van der Waals surface area contributed by atoms with E-state index in [1.807, 2.05) is 27.6 Å². The zero-order valence-corrected chi connectivity index (χ0v) is 9.20. The Hall–Kier alpha value is -0.595. The lowest BCUT2D eigenvalue weighted by Crippen LogP contribution is -2.34. The van der Waals surface area contributed by atoms with Gasteiger partial charge in [-0.2, -0.15) is 0 Å². The second-order valence-corrected chi connectivity index (χ2v) is 4.22. The molecule has 0 N–H and O–H groups in total. The van der Waals surface area contributed by atoms with E-state index in [-0.39, 0.29) is 24.2 Å². The standard InChI is InChI=1S/C10H19BO2/c1-7(2)11(5)10(13)9(4)8(3)6-12/h6-9H,1-5H3. The molecule has 0 amide bonds. The van der Waals surface area contributed by atoms with E-state index in [1.54, 1.807) is 6.92 Å². The topological polar surface area (TPSA) is 34.1 Å². The molecule has 0 fully saturated rings. The van der Waals surface area contributed by atoms with Crippen LogP contribution in [-0.2, 0) is 9.59 Å². The lowest BCUT2D eigenvalue weighted by Gasteiger charge is -2.18. The maximum atomic E-state index is 11.7. The largest absolute Gasteiger partial charge is 0.311 e. The molecule has 0 rings (SSSR count). The minimum absolute atomic E-state index is 0.0531. The van der Waals surface area contributed by atoms with Gasteiger partial charge in [-0.3, -0.25) is 0 Å². The number of hydrogen-bond donors (Lipinski definition) is 0. The highest BCUT2D eigenvalue weighted by Gasteiger charge is 2.28. The van der Waals surface area contributed by atoms with Crippen LogP contribution in [0.2, 0.25) is 12.6 Å². The highest BCUT2D eigenvalue weighted by molar-refractivity contribution is 6.90. The summed E-state index contributed by atoms with van der Waals surface area (Å²) in [5.74, 6) is 0.0532. The van der Waals surface area contributed by atoms with Crippen LogP contribution in [-0.4, -0.2) is 18.7 Å². The van der Waals surface area contributed by atoms with Gasteiger partial charge >= 0.3 is 0 Å². The molecule has 2 atom stereocenters. The molecule has 0 aromatic rings. The fourth-order valence-electron chi connectivity index (χ4n) is 1.12. The molecule has 0 heterocycles. The van der Waals surface area contributed by atoms with Crippen LogP contribution in [0.1, 0.15) is 27.7 Å². The van der Waals surface area contributed by atoms with Gasteiger partial charge in [0.1, 0.15) is 6.29 Å². The van der Waals surface area contributed by atoms with Gasteiger partial charge in [-0.25, -0.2) is 0 Å². The molecule has 3 heteroatoms. The Morgan fingerprint density at radius 2 is 1.69 bits per heavy atom. The summed E-state index contributed by atoms with van der Waals surface area (Å²) in [6.45, 7) is 9.67. The van der Waals surface area contributed by atoms with Gasteiger partial charge in [-0.1, -0.05) is 40.3 Å². The molecule has 2 nitrogen and oxygen atoms in total. The molecule has 74 valence electrons. The van der Waals surface area contributed by atoms with Crippen LogP contribution in [0.4, 0.5) is 0 Å². The third kappa shape index (κ3) is 3.33. The molecule has 0 aliphatic heterocycles. The smallest absolute Gasteiger partial charge is 0.223 e. The molecule has 2 unspecified atom stereocenters. The summed E-state index contributed by atoms with van der Waals surface area (Å²) >= 11 is 0. The first-order valence-corrected chi connectivity index (χ1v) is 4.90. The van der Waals surface area contributed by atoms with Crippen molar-refractivity contribution in [3.8, 4) is 0 Å². The lowest BCUT2D eigenvalue weighted by molar-refractivity contribution is -0.121. The van der Waals surface area contributed by atoms with Crippen molar-refractivity contribution in [2.45, 2.75) is 40.3 Å². The maximum absolute atomic E-state index is 11.7. The minimum Gasteiger partial charge on any atom is -0.311 e. The minimum atomic E-state index is -0.159. The van der Waals surface area contributed by atoms with E-state index in [2.05, 4.69) is 0 Å². The van der Waals surface area contributed by atoms with Crippen LogP contribution < -0.4 is 0 Å². The average Bonchev–Trinajstić information content (AvgIpc) is 2.12. The quantitative estimate of drug-likeness (QED) is 0.482. The summed E-state index contributed by atoms with van der Waals surface area (Å²) in [7, 11) is 0. The van der Waals surface area contributed by atoms with E-state index in [1.165, 1.54) is 0 Å². The molecular formula is C10H19BO2. The average molecular weight is 182 g/mol. The van der Waals surface area contributed by atoms with Gasteiger partial charge < -0.3 is 9.59 Å². The monoisotopic (exact) mass is 182 g/mol. The first kappa shape index (κ1) is 12.4. The Labute approximate surface area is 81.2 Å². The summed E-state index contributed by atoms with van der Waals surface area (Å²) in [6.07, 6.45) is 0.857. The van der Waals surface area contributed by atoms with Gasteiger partial charge in [0, 0.05) is 11.8 Å². The van der Waals surface area contributed by atoms with Crippen molar-refractivity contribution < 1.29 is 9.59 Å². The van der Waals surface area contributed by atoms with Crippen LogP contribution in [0, 0.1) is 11.8 Å². The summed E-state index contributed by atoms with van der Waals surface area (Å²) in [5.41, 5.74) is 0.203. The van der Waals surface area contributed by atoms with E-state index in [4.69, 9.17) is 0 Å². The number of carbonyl (C=O) groups excluding carboxylic acids is 2. The van der Waals surface area contributed by atoms with Crippen molar-refractivity contribution in [3.63, 3.8) is 0 Å². The fourth-order valence-corrected chi connectivity index (χ4v) is 1.12. The highest BCUT2D eigenvalue weighted by atomic mass is 16.1. The highest BCUT2D eigenvalue weighted by Crippen LogP contribution is 2.17. The van der Waals surface area contributed by atoms with E-state index < -0.39 is 0 Å². The first-order valence-electron chi connectivity index (χ1n) is 4.90. The summed E-state index contributed by atoms with van der Waals surface area (Å²) < 4.78 is 0. The Morgan fingerprint density at radius 1 is 1.23 bits per heavy atom. The van der Waals surface area contributed by atoms with Crippen LogP contribution in [0.5, 0.6) is 0 Å². The Balaban J connectivity index is 4.33. The van der Waals surface area contributed by atoms with Crippen LogP contribution in [0.15, 0.2) is 0 Å².